The molecule has 0 bridgehead atoms. The Balaban J connectivity index is 1.92. The van der Waals surface area contributed by atoms with Gasteiger partial charge in [-0.15, -0.1) is 21.5 Å². The van der Waals surface area contributed by atoms with Crippen LogP contribution < -0.4 is 10.6 Å². The monoisotopic (exact) mass is 429 g/mol. The van der Waals surface area contributed by atoms with E-state index in [1.54, 1.807) is 16.2 Å². The van der Waals surface area contributed by atoms with Gasteiger partial charge in [-0.3, -0.25) is 9.69 Å². The summed E-state index contributed by atoms with van der Waals surface area (Å²) in [6.45, 7) is 2.10. The number of carbonyl (C=O) groups excluding carboxylic acids is 1. The van der Waals surface area contributed by atoms with E-state index in [9.17, 15) is 10.1 Å². The van der Waals surface area contributed by atoms with Crippen molar-refractivity contribution in [2.75, 3.05) is 11.2 Å². The number of hydrogen-bond acceptors (Lipinski definition) is 9. The highest BCUT2D eigenvalue weighted by Crippen LogP contribution is 2.48. The van der Waals surface area contributed by atoms with Crippen molar-refractivity contribution in [3.63, 3.8) is 0 Å². The van der Waals surface area contributed by atoms with Gasteiger partial charge in [0.1, 0.15) is 5.82 Å². The molecule has 28 heavy (non-hydrogen) atoms. The van der Waals surface area contributed by atoms with Crippen LogP contribution in [0.4, 0.5) is 5.13 Å². The molecule has 0 radical (unpaired) electrons. The lowest BCUT2D eigenvalue weighted by atomic mass is 9.78. The van der Waals surface area contributed by atoms with E-state index in [2.05, 4.69) is 29.3 Å². The average Bonchev–Trinajstić information content (AvgIpc) is 3.36. The van der Waals surface area contributed by atoms with Crippen LogP contribution in [0.1, 0.15) is 41.9 Å². The van der Waals surface area contributed by atoms with E-state index >= 15 is 0 Å². The fourth-order valence-corrected chi connectivity index (χ4v) is 6.08. The first-order valence-electron chi connectivity index (χ1n) is 9.01. The number of Topliss-reactive ketones (excluding diaryl/α,β-unsaturated/α-hetero) is 1. The molecule has 0 aromatic carbocycles. The van der Waals surface area contributed by atoms with Crippen LogP contribution in [0.2, 0.25) is 0 Å². The zero-order valence-electron chi connectivity index (χ0n) is 15.6. The van der Waals surface area contributed by atoms with E-state index in [1.807, 2.05) is 12.3 Å². The Morgan fingerprint density at radius 3 is 2.82 bits per heavy atom. The number of carbonyl (C=O) groups is 1. The number of aromatic nitrogens is 2. The van der Waals surface area contributed by atoms with Crippen LogP contribution in [-0.2, 0) is 11.2 Å². The Morgan fingerprint density at radius 1 is 1.36 bits per heavy atom. The van der Waals surface area contributed by atoms with Crippen molar-refractivity contribution in [1.82, 2.24) is 10.2 Å². The molecule has 2 aromatic heterocycles. The minimum atomic E-state index is -0.387. The van der Waals surface area contributed by atoms with Gasteiger partial charge in [0.2, 0.25) is 5.13 Å². The maximum atomic E-state index is 13.0. The topological polar surface area (TPSA) is 95.9 Å². The molecule has 1 aliphatic heterocycles. The molecule has 2 aliphatic rings. The number of nitrogens with zero attached hydrogens (tertiary/aromatic N) is 4. The highest BCUT2D eigenvalue weighted by molar-refractivity contribution is 8.00. The first-order chi connectivity index (χ1) is 13.6. The maximum Gasteiger partial charge on any atom is 0.219 e. The maximum absolute atomic E-state index is 13.0. The first-order valence-corrected chi connectivity index (χ1v) is 11.9. The number of hydrogen-bond donors (Lipinski definition) is 1. The SMILES string of the molecule is CCc1ccc(C2C(C#N)=C(N)N(c3nnc(SC)s3)C3=C2C(=O)CCC3)s1. The van der Waals surface area contributed by atoms with Gasteiger partial charge in [-0.25, -0.2) is 0 Å². The molecule has 0 saturated heterocycles. The summed E-state index contributed by atoms with van der Waals surface area (Å²) >= 11 is 4.58. The van der Waals surface area contributed by atoms with E-state index in [0.717, 1.165) is 34.2 Å². The zero-order valence-corrected chi connectivity index (χ0v) is 18.0. The highest BCUT2D eigenvalue weighted by Gasteiger charge is 2.41. The molecule has 2 aromatic rings. The number of anilines is 1. The minimum absolute atomic E-state index is 0.0950. The minimum Gasteiger partial charge on any atom is -0.384 e. The highest BCUT2D eigenvalue weighted by atomic mass is 32.2. The largest absolute Gasteiger partial charge is 0.384 e. The molecule has 0 spiro atoms. The van der Waals surface area contributed by atoms with E-state index in [0.29, 0.717) is 28.5 Å². The lowest BCUT2D eigenvalue weighted by Crippen LogP contribution is -2.38. The molecule has 4 rings (SSSR count). The van der Waals surface area contributed by atoms with Crippen molar-refractivity contribution >= 4 is 45.4 Å². The second-order valence-corrected chi connectivity index (χ2v) is 9.74. The van der Waals surface area contributed by atoms with Gasteiger partial charge in [-0.1, -0.05) is 30.0 Å². The molecule has 2 N–H and O–H groups in total. The smallest absolute Gasteiger partial charge is 0.219 e. The summed E-state index contributed by atoms with van der Waals surface area (Å²) in [4.78, 5) is 17.0. The summed E-state index contributed by atoms with van der Waals surface area (Å²) in [5.41, 5.74) is 8.49. The Morgan fingerprint density at radius 2 is 2.18 bits per heavy atom. The second kappa shape index (κ2) is 7.70. The van der Waals surface area contributed by atoms with Crippen LogP contribution in [0.3, 0.4) is 0 Å². The molecule has 6 nitrogen and oxygen atoms in total. The van der Waals surface area contributed by atoms with Crippen molar-refractivity contribution in [2.24, 2.45) is 5.73 Å². The third kappa shape index (κ3) is 3.05. The summed E-state index contributed by atoms with van der Waals surface area (Å²) in [5, 5.41) is 19.0. The molecule has 3 heterocycles. The predicted molar refractivity (Wildman–Crippen MR) is 113 cm³/mol. The molecular formula is C19H19N5OS3. The summed E-state index contributed by atoms with van der Waals surface area (Å²) in [6.07, 6.45) is 4.87. The standard InChI is InChI=1S/C19H19N5OS3/c1-3-10-7-8-14(27-10)15-11(9-20)17(21)24(18-22-23-19(26-2)28-18)12-5-4-6-13(25)16(12)15/h7-8,15H,3-6,21H2,1-2H3. The number of thioether (sulfide) groups is 1. The number of nitriles is 1. The zero-order chi connectivity index (χ0) is 19.8. The van der Waals surface area contributed by atoms with E-state index in [1.165, 1.54) is 28.0 Å². The number of nitrogens with two attached hydrogens (primary N) is 1. The number of thiophene rings is 1. The third-order valence-electron chi connectivity index (χ3n) is 4.99. The molecule has 1 unspecified atom stereocenters. The predicted octanol–water partition coefficient (Wildman–Crippen LogP) is 4.19. The number of rotatable bonds is 4. The van der Waals surface area contributed by atoms with Crippen molar-refractivity contribution in [3.05, 3.63) is 44.6 Å². The quantitative estimate of drug-likeness (QED) is 0.728. The van der Waals surface area contributed by atoms with Crippen LogP contribution in [0, 0.1) is 11.3 Å². The van der Waals surface area contributed by atoms with Gasteiger partial charge in [0.15, 0.2) is 10.1 Å². The number of allylic oxidation sites excluding steroid dienone is 3. The second-order valence-electron chi connectivity index (χ2n) is 6.53. The molecule has 0 amide bonds. The van der Waals surface area contributed by atoms with Gasteiger partial charge in [0.25, 0.3) is 0 Å². The Bertz CT molecular complexity index is 1040. The van der Waals surface area contributed by atoms with Crippen LogP contribution in [0.5, 0.6) is 0 Å². The lowest BCUT2D eigenvalue weighted by molar-refractivity contribution is -0.116. The van der Waals surface area contributed by atoms with E-state index in [-0.39, 0.29) is 11.7 Å². The van der Waals surface area contributed by atoms with Crippen LogP contribution in [0.25, 0.3) is 0 Å². The average molecular weight is 430 g/mol. The normalized spacial score (nSPS) is 19.8. The summed E-state index contributed by atoms with van der Waals surface area (Å²) in [7, 11) is 0. The van der Waals surface area contributed by atoms with Crippen molar-refractivity contribution < 1.29 is 4.79 Å². The van der Waals surface area contributed by atoms with Crippen molar-refractivity contribution in [1.29, 1.82) is 5.26 Å². The van der Waals surface area contributed by atoms with Gasteiger partial charge >= 0.3 is 0 Å². The van der Waals surface area contributed by atoms with Crippen molar-refractivity contribution in [2.45, 2.75) is 42.9 Å². The molecule has 9 heteroatoms. The number of aryl methyl sites for hydroxylation is 1. The van der Waals surface area contributed by atoms with Gasteiger partial charge in [0, 0.05) is 27.4 Å². The summed E-state index contributed by atoms with van der Waals surface area (Å²) in [6, 6.07) is 6.38. The Labute approximate surface area is 175 Å². The molecule has 1 atom stereocenters. The van der Waals surface area contributed by atoms with Crippen LogP contribution in [-0.4, -0.2) is 22.2 Å². The lowest BCUT2D eigenvalue weighted by Gasteiger charge is -2.37. The molecule has 0 saturated carbocycles. The summed E-state index contributed by atoms with van der Waals surface area (Å²) < 4.78 is 0.818. The van der Waals surface area contributed by atoms with Gasteiger partial charge in [0.05, 0.1) is 17.6 Å². The van der Waals surface area contributed by atoms with Crippen molar-refractivity contribution in [3.8, 4) is 6.07 Å². The fourth-order valence-electron chi connectivity index (χ4n) is 3.70. The van der Waals surface area contributed by atoms with Gasteiger partial charge in [-0.2, -0.15) is 5.26 Å². The number of ketones is 1. The molecule has 0 fully saturated rings. The molecular weight excluding hydrogens is 410 g/mol. The molecule has 1 aliphatic carbocycles. The third-order valence-corrected chi connectivity index (χ3v) is 8.17. The molecule has 144 valence electrons. The van der Waals surface area contributed by atoms with Gasteiger partial charge < -0.3 is 5.73 Å². The Hall–Kier alpha value is -2.15. The Kier molecular flexibility index (Phi) is 5.27. The van der Waals surface area contributed by atoms with Crippen LogP contribution >= 0.6 is 34.4 Å². The van der Waals surface area contributed by atoms with Crippen LogP contribution in [0.15, 0.2) is 39.1 Å². The van der Waals surface area contributed by atoms with Gasteiger partial charge in [-0.05, 0) is 37.7 Å². The fraction of sp³-hybridized carbons (Fsp3) is 0.368. The first kappa shape index (κ1) is 19.2. The van der Waals surface area contributed by atoms with E-state index in [4.69, 9.17) is 5.73 Å². The summed E-state index contributed by atoms with van der Waals surface area (Å²) in [5.74, 6) is 0.0658. The van der Waals surface area contributed by atoms with E-state index < -0.39 is 0 Å².